The summed E-state index contributed by atoms with van der Waals surface area (Å²) in [6, 6.07) is 6.84. The van der Waals surface area contributed by atoms with Crippen molar-refractivity contribution in [1.82, 2.24) is 14.9 Å². The highest BCUT2D eigenvalue weighted by atomic mass is 19.1. The van der Waals surface area contributed by atoms with Gasteiger partial charge in [0.2, 0.25) is 0 Å². The van der Waals surface area contributed by atoms with Gasteiger partial charge in [0.25, 0.3) is 0 Å². The van der Waals surface area contributed by atoms with Gasteiger partial charge in [0.15, 0.2) is 0 Å². The zero-order chi connectivity index (χ0) is 12.1. The Kier molecular flexibility index (Phi) is 3.88. The van der Waals surface area contributed by atoms with Crippen molar-refractivity contribution in [2.24, 2.45) is 0 Å². The van der Waals surface area contributed by atoms with Crippen LogP contribution >= 0.6 is 0 Å². The first kappa shape index (κ1) is 11.8. The molecular formula is C13H16FN3. The molecule has 1 atom stereocenters. The number of benzene rings is 1. The van der Waals surface area contributed by atoms with Gasteiger partial charge in [-0.25, -0.2) is 9.37 Å². The second kappa shape index (κ2) is 5.59. The van der Waals surface area contributed by atoms with Crippen LogP contribution in [0.4, 0.5) is 4.39 Å². The molecule has 0 amide bonds. The first-order chi connectivity index (χ1) is 8.25. The minimum absolute atomic E-state index is 0.147. The van der Waals surface area contributed by atoms with Gasteiger partial charge in [0, 0.05) is 31.5 Å². The Morgan fingerprint density at radius 2 is 2.35 bits per heavy atom. The Bertz CT molecular complexity index is 453. The highest BCUT2D eigenvalue weighted by Gasteiger charge is 2.04. The molecule has 1 unspecified atom stereocenters. The SMILES string of the molecule is CC(NCCn1ccnc1)c1cccc(F)c1. The van der Waals surface area contributed by atoms with Gasteiger partial charge in [0.05, 0.1) is 6.33 Å². The van der Waals surface area contributed by atoms with E-state index in [4.69, 9.17) is 0 Å². The van der Waals surface area contributed by atoms with Crippen LogP contribution in [0, 0.1) is 5.82 Å². The predicted octanol–water partition coefficient (Wildman–Crippen LogP) is 2.37. The highest BCUT2D eigenvalue weighted by Crippen LogP contribution is 2.12. The average Bonchev–Trinajstić information content (AvgIpc) is 2.82. The van der Waals surface area contributed by atoms with Gasteiger partial charge >= 0.3 is 0 Å². The molecule has 1 aromatic carbocycles. The maximum Gasteiger partial charge on any atom is 0.123 e. The molecule has 2 aromatic rings. The van der Waals surface area contributed by atoms with E-state index in [1.54, 1.807) is 24.7 Å². The third kappa shape index (κ3) is 3.39. The lowest BCUT2D eigenvalue weighted by molar-refractivity contribution is 0.527. The van der Waals surface area contributed by atoms with E-state index < -0.39 is 0 Å². The molecule has 0 spiro atoms. The average molecular weight is 233 g/mol. The number of hydrogen-bond donors (Lipinski definition) is 1. The second-order valence-corrected chi connectivity index (χ2v) is 4.03. The van der Waals surface area contributed by atoms with Crippen LogP contribution in [0.25, 0.3) is 0 Å². The van der Waals surface area contributed by atoms with Gasteiger partial charge < -0.3 is 9.88 Å². The summed E-state index contributed by atoms with van der Waals surface area (Å²) in [5.41, 5.74) is 0.968. The van der Waals surface area contributed by atoms with Crippen molar-refractivity contribution in [1.29, 1.82) is 0 Å². The van der Waals surface area contributed by atoms with E-state index in [9.17, 15) is 4.39 Å². The van der Waals surface area contributed by atoms with Crippen LogP contribution in [0.3, 0.4) is 0 Å². The van der Waals surface area contributed by atoms with Crippen LogP contribution in [0.2, 0.25) is 0 Å². The summed E-state index contributed by atoms with van der Waals surface area (Å²) in [5.74, 6) is -0.189. The summed E-state index contributed by atoms with van der Waals surface area (Å²) in [7, 11) is 0. The van der Waals surface area contributed by atoms with E-state index in [2.05, 4.69) is 10.3 Å². The van der Waals surface area contributed by atoms with E-state index in [0.717, 1.165) is 18.7 Å². The largest absolute Gasteiger partial charge is 0.336 e. The molecule has 0 fully saturated rings. The Labute approximate surface area is 100 Å². The van der Waals surface area contributed by atoms with Gasteiger partial charge in [-0.05, 0) is 24.6 Å². The predicted molar refractivity (Wildman–Crippen MR) is 65.0 cm³/mol. The molecule has 17 heavy (non-hydrogen) atoms. The molecule has 1 N–H and O–H groups in total. The van der Waals surface area contributed by atoms with Crippen LogP contribution < -0.4 is 5.32 Å². The summed E-state index contributed by atoms with van der Waals surface area (Å²) in [6.07, 6.45) is 5.47. The van der Waals surface area contributed by atoms with Crippen LogP contribution in [-0.4, -0.2) is 16.1 Å². The molecular weight excluding hydrogens is 217 g/mol. The van der Waals surface area contributed by atoms with Gasteiger partial charge in [-0.1, -0.05) is 12.1 Å². The number of nitrogens with zero attached hydrogens (tertiary/aromatic N) is 2. The Morgan fingerprint density at radius 1 is 1.47 bits per heavy atom. The molecule has 0 aliphatic rings. The molecule has 1 aromatic heterocycles. The van der Waals surface area contributed by atoms with Crippen molar-refractivity contribution < 1.29 is 4.39 Å². The van der Waals surface area contributed by atoms with Crippen molar-refractivity contribution in [3.8, 4) is 0 Å². The standard InChI is InChI=1S/C13H16FN3/c1-11(12-3-2-4-13(14)9-12)16-6-8-17-7-5-15-10-17/h2-5,7,9-11,16H,6,8H2,1H3. The Balaban J connectivity index is 1.83. The third-order valence-corrected chi connectivity index (χ3v) is 2.73. The minimum atomic E-state index is -0.189. The summed E-state index contributed by atoms with van der Waals surface area (Å²) in [6.45, 7) is 3.72. The zero-order valence-electron chi connectivity index (χ0n) is 9.81. The molecule has 0 aliphatic heterocycles. The topological polar surface area (TPSA) is 29.9 Å². The fraction of sp³-hybridized carbons (Fsp3) is 0.308. The highest BCUT2D eigenvalue weighted by molar-refractivity contribution is 5.19. The molecule has 0 saturated carbocycles. The monoisotopic (exact) mass is 233 g/mol. The number of halogens is 1. The van der Waals surface area contributed by atoms with E-state index in [-0.39, 0.29) is 11.9 Å². The first-order valence-electron chi connectivity index (χ1n) is 5.70. The number of hydrogen-bond acceptors (Lipinski definition) is 2. The van der Waals surface area contributed by atoms with E-state index in [1.807, 2.05) is 23.8 Å². The van der Waals surface area contributed by atoms with Crippen LogP contribution in [0.1, 0.15) is 18.5 Å². The van der Waals surface area contributed by atoms with Gasteiger partial charge in [-0.3, -0.25) is 0 Å². The maximum atomic E-state index is 13.0. The molecule has 0 radical (unpaired) electrons. The lowest BCUT2D eigenvalue weighted by Gasteiger charge is -2.14. The van der Waals surface area contributed by atoms with E-state index in [0.29, 0.717) is 0 Å². The number of nitrogens with one attached hydrogen (secondary N) is 1. The van der Waals surface area contributed by atoms with Crippen molar-refractivity contribution in [2.45, 2.75) is 19.5 Å². The Hall–Kier alpha value is -1.68. The second-order valence-electron chi connectivity index (χ2n) is 4.03. The maximum absolute atomic E-state index is 13.0. The molecule has 1 heterocycles. The fourth-order valence-corrected chi connectivity index (χ4v) is 1.72. The number of aromatic nitrogens is 2. The first-order valence-corrected chi connectivity index (χ1v) is 5.70. The molecule has 0 saturated heterocycles. The lowest BCUT2D eigenvalue weighted by Crippen LogP contribution is -2.23. The quantitative estimate of drug-likeness (QED) is 0.859. The Morgan fingerprint density at radius 3 is 3.06 bits per heavy atom. The number of rotatable bonds is 5. The van der Waals surface area contributed by atoms with Gasteiger partial charge in [-0.2, -0.15) is 0 Å². The van der Waals surface area contributed by atoms with E-state index >= 15 is 0 Å². The van der Waals surface area contributed by atoms with Gasteiger partial charge in [0.1, 0.15) is 5.82 Å². The van der Waals surface area contributed by atoms with Crippen molar-refractivity contribution in [2.75, 3.05) is 6.54 Å². The summed E-state index contributed by atoms with van der Waals surface area (Å²) >= 11 is 0. The smallest absolute Gasteiger partial charge is 0.123 e. The summed E-state index contributed by atoms with van der Waals surface area (Å²) in [5, 5.41) is 3.35. The van der Waals surface area contributed by atoms with Gasteiger partial charge in [-0.15, -0.1) is 0 Å². The lowest BCUT2D eigenvalue weighted by atomic mass is 10.1. The van der Waals surface area contributed by atoms with Crippen LogP contribution in [-0.2, 0) is 6.54 Å². The van der Waals surface area contributed by atoms with Crippen LogP contribution in [0.5, 0.6) is 0 Å². The summed E-state index contributed by atoms with van der Waals surface area (Å²) < 4.78 is 15.0. The fourth-order valence-electron chi connectivity index (χ4n) is 1.72. The van der Waals surface area contributed by atoms with Crippen LogP contribution in [0.15, 0.2) is 43.0 Å². The normalized spacial score (nSPS) is 12.6. The summed E-state index contributed by atoms with van der Waals surface area (Å²) in [4.78, 5) is 3.98. The molecule has 3 nitrogen and oxygen atoms in total. The molecule has 4 heteroatoms. The van der Waals surface area contributed by atoms with Crippen molar-refractivity contribution >= 4 is 0 Å². The third-order valence-electron chi connectivity index (χ3n) is 2.73. The number of imidazole rings is 1. The van der Waals surface area contributed by atoms with Crippen molar-refractivity contribution in [3.05, 3.63) is 54.4 Å². The van der Waals surface area contributed by atoms with Crippen molar-refractivity contribution in [3.63, 3.8) is 0 Å². The molecule has 0 aliphatic carbocycles. The van der Waals surface area contributed by atoms with E-state index in [1.165, 1.54) is 6.07 Å². The molecule has 90 valence electrons. The minimum Gasteiger partial charge on any atom is -0.336 e. The molecule has 0 bridgehead atoms. The zero-order valence-corrected chi connectivity index (χ0v) is 9.81. The molecule has 2 rings (SSSR count).